The van der Waals surface area contributed by atoms with Crippen molar-refractivity contribution in [2.75, 3.05) is 23.3 Å². The predicted molar refractivity (Wildman–Crippen MR) is 94.7 cm³/mol. The molecule has 1 saturated heterocycles. The minimum atomic E-state index is -0.373. The molecule has 3 heterocycles. The van der Waals surface area contributed by atoms with Crippen LogP contribution in [0.2, 0.25) is 0 Å². The highest BCUT2D eigenvalue weighted by Crippen LogP contribution is 2.22. The van der Waals surface area contributed by atoms with E-state index in [1.165, 1.54) is 17.7 Å². The van der Waals surface area contributed by atoms with Gasteiger partial charge in [-0.05, 0) is 25.0 Å². The Balaban J connectivity index is 1.79. The molecule has 1 atom stereocenters. The van der Waals surface area contributed by atoms with Crippen LogP contribution in [0.3, 0.4) is 0 Å². The van der Waals surface area contributed by atoms with Gasteiger partial charge in [-0.2, -0.15) is 0 Å². The summed E-state index contributed by atoms with van der Waals surface area (Å²) >= 11 is 0. The number of anilines is 2. The van der Waals surface area contributed by atoms with Gasteiger partial charge >= 0.3 is 5.69 Å². The Kier molecular flexibility index (Phi) is 4.69. The molecule has 0 spiro atoms. The van der Waals surface area contributed by atoms with Crippen LogP contribution in [0.25, 0.3) is 0 Å². The maximum atomic E-state index is 12.5. The number of carbonyl (C=O) groups excluding carboxylic acids is 1. The first-order chi connectivity index (χ1) is 12.0. The van der Waals surface area contributed by atoms with Crippen LogP contribution < -0.4 is 21.5 Å². The highest BCUT2D eigenvalue weighted by atomic mass is 16.2. The van der Waals surface area contributed by atoms with Crippen molar-refractivity contribution in [3.05, 3.63) is 51.3 Å². The number of aromatic nitrogens is 3. The van der Waals surface area contributed by atoms with Crippen LogP contribution in [0.5, 0.6) is 0 Å². The normalized spacial score (nSPS) is 17.4. The fourth-order valence-electron chi connectivity index (χ4n) is 3.09. The van der Waals surface area contributed by atoms with E-state index in [9.17, 15) is 14.4 Å². The number of hydrogen-bond donors (Lipinski definition) is 1. The number of nitrogens with zero attached hydrogens (tertiary/aromatic N) is 4. The molecule has 2 aromatic rings. The quantitative estimate of drug-likeness (QED) is 0.868. The summed E-state index contributed by atoms with van der Waals surface area (Å²) in [6.07, 6.45) is 3.19. The van der Waals surface area contributed by atoms with Crippen molar-refractivity contribution in [1.29, 1.82) is 0 Å². The Morgan fingerprint density at radius 1 is 1.24 bits per heavy atom. The van der Waals surface area contributed by atoms with Gasteiger partial charge in [0.2, 0.25) is 5.91 Å². The monoisotopic (exact) mass is 343 g/mol. The molecule has 2 aromatic heterocycles. The Morgan fingerprint density at radius 3 is 2.76 bits per heavy atom. The highest BCUT2D eigenvalue weighted by Gasteiger charge is 2.27. The van der Waals surface area contributed by atoms with Gasteiger partial charge in [0.05, 0.1) is 5.92 Å². The lowest BCUT2D eigenvalue weighted by atomic mass is 9.97. The molecular weight excluding hydrogens is 322 g/mol. The number of amides is 1. The molecule has 3 rings (SSSR count). The molecular formula is C17H21N5O3. The van der Waals surface area contributed by atoms with E-state index < -0.39 is 0 Å². The average Bonchev–Trinajstić information content (AvgIpc) is 2.64. The van der Waals surface area contributed by atoms with E-state index in [-0.39, 0.29) is 23.1 Å². The van der Waals surface area contributed by atoms with E-state index in [2.05, 4.69) is 10.3 Å². The summed E-state index contributed by atoms with van der Waals surface area (Å²) in [5, 5.41) is 2.82. The topological polar surface area (TPSA) is 89.2 Å². The Bertz CT molecular complexity index is 887. The number of nitrogens with one attached hydrogen (secondary N) is 1. The van der Waals surface area contributed by atoms with E-state index in [1.807, 2.05) is 11.0 Å². The Hall–Kier alpha value is -2.90. The van der Waals surface area contributed by atoms with Crippen LogP contribution in [-0.2, 0) is 18.9 Å². The fraction of sp³-hybridized carbons (Fsp3) is 0.412. The second-order valence-corrected chi connectivity index (χ2v) is 6.23. The second kappa shape index (κ2) is 6.92. The third-order valence-corrected chi connectivity index (χ3v) is 4.53. The zero-order valence-electron chi connectivity index (χ0n) is 14.3. The molecule has 25 heavy (non-hydrogen) atoms. The lowest BCUT2D eigenvalue weighted by molar-refractivity contribution is -0.120. The zero-order valence-corrected chi connectivity index (χ0v) is 14.3. The summed E-state index contributed by atoms with van der Waals surface area (Å²) in [7, 11) is 3.09. The van der Waals surface area contributed by atoms with Crippen molar-refractivity contribution >= 4 is 17.5 Å². The summed E-state index contributed by atoms with van der Waals surface area (Å²) in [5.41, 5.74) is -0.722. The summed E-state index contributed by atoms with van der Waals surface area (Å²) in [4.78, 5) is 42.6. The molecule has 1 N–H and O–H groups in total. The summed E-state index contributed by atoms with van der Waals surface area (Å²) in [6.45, 7) is 1.16. The van der Waals surface area contributed by atoms with E-state index in [4.69, 9.17) is 0 Å². The molecule has 8 nitrogen and oxygen atoms in total. The van der Waals surface area contributed by atoms with Crippen LogP contribution in [0.15, 0.2) is 40.1 Å². The Morgan fingerprint density at radius 2 is 2.04 bits per heavy atom. The Labute approximate surface area is 144 Å². The van der Waals surface area contributed by atoms with E-state index in [0.717, 1.165) is 17.4 Å². The predicted octanol–water partition coefficient (Wildman–Crippen LogP) is 0.334. The summed E-state index contributed by atoms with van der Waals surface area (Å²) in [6, 6.07) is 6.78. The maximum Gasteiger partial charge on any atom is 0.332 e. The lowest BCUT2D eigenvalue weighted by Gasteiger charge is -2.34. The van der Waals surface area contributed by atoms with Crippen LogP contribution in [0, 0.1) is 5.92 Å². The van der Waals surface area contributed by atoms with Crippen molar-refractivity contribution in [2.45, 2.75) is 12.8 Å². The fourth-order valence-corrected chi connectivity index (χ4v) is 3.09. The standard InChI is InChI=1S/C17H21N5O3/c1-20-14(10-15(23)21(2)17(20)25)22-9-5-6-12(11-22)16(24)19-13-7-3-4-8-18-13/h3-4,7-8,10,12H,5-6,9,11H2,1-2H3,(H,18,19,24). The largest absolute Gasteiger partial charge is 0.357 e. The lowest BCUT2D eigenvalue weighted by Crippen LogP contribution is -2.45. The van der Waals surface area contributed by atoms with Crippen molar-refractivity contribution < 1.29 is 4.79 Å². The van der Waals surface area contributed by atoms with Gasteiger partial charge in [0.25, 0.3) is 5.56 Å². The van der Waals surface area contributed by atoms with Crippen molar-refractivity contribution in [2.24, 2.45) is 20.0 Å². The van der Waals surface area contributed by atoms with E-state index in [0.29, 0.717) is 24.7 Å². The van der Waals surface area contributed by atoms with Crippen LogP contribution in [-0.4, -0.2) is 33.1 Å². The van der Waals surface area contributed by atoms with E-state index in [1.54, 1.807) is 25.4 Å². The first kappa shape index (κ1) is 16.9. The molecule has 1 fully saturated rings. The van der Waals surface area contributed by atoms with Gasteiger partial charge in [-0.25, -0.2) is 9.78 Å². The number of carbonyl (C=O) groups is 1. The zero-order chi connectivity index (χ0) is 18.0. The van der Waals surface area contributed by atoms with Gasteiger partial charge in [0.15, 0.2) is 0 Å². The minimum Gasteiger partial charge on any atom is -0.357 e. The smallest absolute Gasteiger partial charge is 0.332 e. The second-order valence-electron chi connectivity index (χ2n) is 6.23. The first-order valence-electron chi connectivity index (χ1n) is 8.21. The average molecular weight is 343 g/mol. The number of pyridine rings is 1. The third kappa shape index (κ3) is 3.47. The molecule has 1 unspecified atom stereocenters. The van der Waals surface area contributed by atoms with Gasteiger partial charge in [-0.3, -0.25) is 18.7 Å². The first-order valence-corrected chi connectivity index (χ1v) is 8.21. The number of hydrogen-bond acceptors (Lipinski definition) is 5. The van der Waals surface area contributed by atoms with Crippen molar-refractivity contribution in [3.8, 4) is 0 Å². The third-order valence-electron chi connectivity index (χ3n) is 4.53. The van der Waals surface area contributed by atoms with Gasteiger partial charge in [-0.15, -0.1) is 0 Å². The van der Waals surface area contributed by atoms with Crippen LogP contribution >= 0.6 is 0 Å². The highest BCUT2D eigenvalue weighted by molar-refractivity contribution is 5.92. The maximum absolute atomic E-state index is 12.5. The molecule has 1 aliphatic heterocycles. The van der Waals surface area contributed by atoms with Gasteiger partial charge in [-0.1, -0.05) is 6.07 Å². The van der Waals surface area contributed by atoms with Gasteiger partial charge in [0.1, 0.15) is 11.6 Å². The van der Waals surface area contributed by atoms with Crippen LogP contribution in [0.1, 0.15) is 12.8 Å². The molecule has 0 aromatic carbocycles. The van der Waals surface area contributed by atoms with Gasteiger partial charge < -0.3 is 10.2 Å². The summed E-state index contributed by atoms with van der Waals surface area (Å²) < 4.78 is 2.51. The molecule has 0 saturated carbocycles. The molecule has 8 heteroatoms. The minimum absolute atomic E-state index is 0.0998. The SMILES string of the molecule is Cn1c(N2CCCC(C(=O)Nc3ccccn3)C2)cc(=O)n(C)c1=O. The number of piperidine rings is 1. The number of rotatable bonds is 3. The molecule has 0 bridgehead atoms. The molecule has 1 amide bonds. The van der Waals surface area contributed by atoms with Crippen molar-refractivity contribution in [1.82, 2.24) is 14.1 Å². The van der Waals surface area contributed by atoms with Crippen LogP contribution in [0.4, 0.5) is 11.6 Å². The van der Waals surface area contributed by atoms with E-state index >= 15 is 0 Å². The molecule has 1 aliphatic rings. The molecule has 0 aliphatic carbocycles. The molecule has 0 radical (unpaired) electrons. The van der Waals surface area contributed by atoms with Crippen molar-refractivity contribution in [3.63, 3.8) is 0 Å². The summed E-state index contributed by atoms with van der Waals surface area (Å²) in [5.74, 6) is 0.737. The van der Waals surface area contributed by atoms with Gasteiger partial charge in [0, 0.05) is 39.4 Å². The molecule has 132 valence electrons.